The topological polar surface area (TPSA) is 84.7 Å². The fourth-order valence-electron chi connectivity index (χ4n) is 4.19. The number of hydrogen-bond acceptors (Lipinski definition) is 4. The molecule has 0 radical (unpaired) electrons. The zero-order chi connectivity index (χ0) is 19.8. The highest BCUT2D eigenvalue weighted by atomic mass is 16.5. The average Bonchev–Trinajstić information content (AvgIpc) is 3.14. The van der Waals surface area contributed by atoms with Gasteiger partial charge in [-0.25, -0.2) is 0 Å². The summed E-state index contributed by atoms with van der Waals surface area (Å²) < 4.78 is 6.28. The number of ether oxygens (including phenoxy) is 1. The van der Waals surface area contributed by atoms with Gasteiger partial charge in [0.05, 0.1) is 0 Å². The van der Waals surface area contributed by atoms with E-state index >= 15 is 0 Å². The quantitative estimate of drug-likeness (QED) is 0.697. The highest BCUT2D eigenvalue weighted by molar-refractivity contribution is 5.90. The summed E-state index contributed by atoms with van der Waals surface area (Å²) in [6, 6.07) is -0.957. The van der Waals surface area contributed by atoms with Gasteiger partial charge in [0.1, 0.15) is 18.2 Å². The summed E-state index contributed by atoms with van der Waals surface area (Å²) in [5.74, 6) is 0.619. The largest absolute Gasteiger partial charge is 0.476 e. The highest BCUT2D eigenvalue weighted by Crippen LogP contribution is 2.35. The summed E-state index contributed by atoms with van der Waals surface area (Å²) in [7, 11) is 0. The summed E-state index contributed by atoms with van der Waals surface area (Å²) in [5, 5.41) is 3.45. The molecule has 0 aromatic carbocycles. The summed E-state index contributed by atoms with van der Waals surface area (Å²) in [6.07, 6.45) is 7.54. The average molecular weight is 378 g/mol. The van der Waals surface area contributed by atoms with Crippen LogP contribution >= 0.6 is 0 Å². The predicted molar refractivity (Wildman–Crippen MR) is 104 cm³/mol. The van der Waals surface area contributed by atoms with Crippen LogP contribution in [0.2, 0.25) is 0 Å². The predicted octanol–water partition coefficient (Wildman–Crippen LogP) is 2.68. The van der Waals surface area contributed by atoms with E-state index in [1.807, 2.05) is 20.8 Å². The number of amides is 2. The van der Waals surface area contributed by atoms with E-state index in [1.165, 1.54) is 18.4 Å². The van der Waals surface area contributed by atoms with Crippen LogP contribution in [0.3, 0.4) is 0 Å². The Morgan fingerprint density at radius 3 is 2.37 bits per heavy atom. The van der Waals surface area contributed by atoms with E-state index in [9.17, 15) is 9.59 Å². The normalized spacial score (nSPS) is 26.8. The Hall–Kier alpha value is -1.72. The Bertz CT molecular complexity index is 611. The molecule has 2 unspecified atom stereocenters. The second-order valence-electron chi connectivity index (χ2n) is 9.65. The molecule has 2 amide bonds. The van der Waals surface area contributed by atoms with Crippen molar-refractivity contribution in [2.45, 2.75) is 90.8 Å². The minimum absolute atomic E-state index is 0.0515. The molecular formula is C21H35N3O3. The number of allylic oxidation sites excluding steroid dienone is 1. The third kappa shape index (κ3) is 4.77. The van der Waals surface area contributed by atoms with E-state index in [0.717, 1.165) is 31.6 Å². The molecule has 1 aliphatic heterocycles. The Balaban J connectivity index is 1.78. The van der Waals surface area contributed by atoms with E-state index < -0.39 is 18.0 Å². The molecular weight excluding hydrogens is 342 g/mol. The highest BCUT2D eigenvalue weighted by Gasteiger charge is 2.43. The standard InChI is InChI=1S/C21H35N3O3/c1-13-11-16(18(22)25)24(12-13)20(26)17(21(2,3)4)23-19(14-9-10-14)27-15-7-5-6-8-15/h13,15-17,23H,5-12H2,1-4H3,(H2,22,25)/t13?,16?,17-/m1/s1. The zero-order valence-corrected chi connectivity index (χ0v) is 17.2. The molecule has 6 heteroatoms. The van der Waals surface area contributed by atoms with Crippen LogP contribution in [0, 0.1) is 11.3 Å². The van der Waals surface area contributed by atoms with Crippen molar-refractivity contribution in [1.82, 2.24) is 10.2 Å². The number of primary amides is 1. The molecule has 0 spiro atoms. The van der Waals surface area contributed by atoms with Gasteiger partial charge in [0.15, 0.2) is 5.88 Å². The smallest absolute Gasteiger partial charge is 0.246 e. The van der Waals surface area contributed by atoms with E-state index in [1.54, 1.807) is 4.90 Å². The van der Waals surface area contributed by atoms with E-state index in [-0.39, 0.29) is 23.3 Å². The molecule has 3 N–H and O–H groups in total. The van der Waals surface area contributed by atoms with Gasteiger partial charge < -0.3 is 20.7 Å². The lowest BCUT2D eigenvalue weighted by Gasteiger charge is -2.36. The number of hydrogen-bond donors (Lipinski definition) is 2. The molecule has 2 aliphatic carbocycles. The number of rotatable bonds is 6. The van der Waals surface area contributed by atoms with Crippen molar-refractivity contribution < 1.29 is 14.3 Å². The molecule has 2 saturated carbocycles. The number of nitrogens with zero attached hydrogens (tertiary/aromatic N) is 1. The maximum absolute atomic E-state index is 13.4. The van der Waals surface area contributed by atoms with Crippen LogP contribution in [-0.2, 0) is 14.3 Å². The molecule has 152 valence electrons. The molecule has 27 heavy (non-hydrogen) atoms. The van der Waals surface area contributed by atoms with Crippen molar-refractivity contribution in [2.24, 2.45) is 17.1 Å². The lowest BCUT2D eigenvalue weighted by molar-refractivity contribution is -0.141. The van der Waals surface area contributed by atoms with Crippen LogP contribution < -0.4 is 11.1 Å². The molecule has 3 rings (SSSR count). The molecule has 0 bridgehead atoms. The van der Waals surface area contributed by atoms with Gasteiger partial charge in [0, 0.05) is 6.54 Å². The van der Waals surface area contributed by atoms with Crippen LogP contribution in [-0.4, -0.2) is 41.4 Å². The van der Waals surface area contributed by atoms with Crippen molar-refractivity contribution in [3.05, 3.63) is 11.5 Å². The lowest BCUT2D eigenvalue weighted by atomic mass is 9.85. The van der Waals surface area contributed by atoms with Crippen LogP contribution in [0.15, 0.2) is 11.5 Å². The van der Waals surface area contributed by atoms with Gasteiger partial charge in [-0.05, 0) is 61.9 Å². The molecule has 0 aromatic rings. The van der Waals surface area contributed by atoms with Crippen molar-refractivity contribution in [3.8, 4) is 0 Å². The van der Waals surface area contributed by atoms with Gasteiger partial charge in [-0.2, -0.15) is 0 Å². The first-order chi connectivity index (χ1) is 12.7. The summed E-state index contributed by atoms with van der Waals surface area (Å²) in [5.41, 5.74) is 6.53. The zero-order valence-electron chi connectivity index (χ0n) is 17.2. The van der Waals surface area contributed by atoms with E-state index in [0.29, 0.717) is 13.0 Å². The number of nitrogens with two attached hydrogens (primary N) is 1. The van der Waals surface area contributed by atoms with Crippen LogP contribution in [0.1, 0.15) is 72.6 Å². The van der Waals surface area contributed by atoms with Crippen molar-refractivity contribution >= 4 is 11.8 Å². The molecule has 3 fully saturated rings. The fourth-order valence-corrected chi connectivity index (χ4v) is 4.19. The fraction of sp³-hybridized carbons (Fsp3) is 0.810. The van der Waals surface area contributed by atoms with Gasteiger partial charge in [-0.3, -0.25) is 9.59 Å². The van der Waals surface area contributed by atoms with Gasteiger partial charge in [0.25, 0.3) is 0 Å². The number of carbonyl (C=O) groups excluding carboxylic acids is 2. The second-order valence-corrected chi connectivity index (χ2v) is 9.65. The van der Waals surface area contributed by atoms with Crippen LogP contribution in [0.25, 0.3) is 0 Å². The first-order valence-corrected chi connectivity index (χ1v) is 10.4. The van der Waals surface area contributed by atoms with E-state index in [2.05, 4.69) is 12.2 Å². The van der Waals surface area contributed by atoms with Crippen LogP contribution in [0.4, 0.5) is 0 Å². The van der Waals surface area contributed by atoms with E-state index in [4.69, 9.17) is 10.5 Å². The SMILES string of the molecule is CC1CC(C(N)=O)N(C(=O)[C@@H](NC(OC2CCCC2)=C2CC2)C(C)(C)C)C1. The molecule has 0 aromatic heterocycles. The maximum Gasteiger partial charge on any atom is 0.246 e. The lowest BCUT2D eigenvalue weighted by Crippen LogP contribution is -2.56. The minimum Gasteiger partial charge on any atom is -0.476 e. The number of nitrogens with one attached hydrogen (secondary N) is 1. The third-order valence-corrected chi connectivity index (χ3v) is 5.92. The van der Waals surface area contributed by atoms with Crippen molar-refractivity contribution in [2.75, 3.05) is 6.54 Å². The summed E-state index contributed by atoms with van der Waals surface area (Å²) in [6.45, 7) is 8.78. The Morgan fingerprint density at radius 1 is 1.22 bits per heavy atom. The third-order valence-electron chi connectivity index (χ3n) is 5.92. The Kier molecular flexibility index (Phi) is 5.73. The van der Waals surface area contributed by atoms with Gasteiger partial charge >= 0.3 is 0 Å². The molecule has 1 heterocycles. The number of likely N-dealkylation sites (tertiary alicyclic amines) is 1. The van der Waals surface area contributed by atoms with Gasteiger partial charge in [-0.15, -0.1) is 0 Å². The van der Waals surface area contributed by atoms with Gasteiger partial charge in [-0.1, -0.05) is 27.7 Å². The van der Waals surface area contributed by atoms with Crippen molar-refractivity contribution in [1.29, 1.82) is 0 Å². The second kappa shape index (κ2) is 7.72. The first kappa shape index (κ1) is 20.0. The minimum atomic E-state index is -0.507. The maximum atomic E-state index is 13.4. The van der Waals surface area contributed by atoms with Crippen molar-refractivity contribution in [3.63, 3.8) is 0 Å². The van der Waals surface area contributed by atoms with Gasteiger partial charge in [0.2, 0.25) is 11.8 Å². The Labute approximate surface area is 162 Å². The summed E-state index contributed by atoms with van der Waals surface area (Å²) in [4.78, 5) is 27.0. The Morgan fingerprint density at radius 2 is 1.85 bits per heavy atom. The molecule has 3 atom stereocenters. The monoisotopic (exact) mass is 377 g/mol. The molecule has 1 saturated heterocycles. The molecule has 6 nitrogen and oxygen atoms in total. The first-order valence-electron chi connectivity index (χ1n) is 10.4. The van der Waals surface area contributed by atoms with Crippen LogP contribution in [0.5, 0.6) is 0 Å². The summed E-state index contributed by atoms with van der Waals surface area (Å²) >= 11 is 0. The molecule has 3 aliphatic rings. The number of carbonyl (C=O) groups is 2.